The van der Waals surface area contributed by atoms with Gasteiger partial charge in [0.2, 0.25) is 0 Å². The molecule has 0 saturated carbocycles. The largest absolute Gasteiger partial charge is 0.352 e. The molecule has 3 heteroatoms. The molecule has 88 valence electrons. The molecule has 1 aromatic heterocycles. The number of aromatic amines is 1. The Morgan fingerprint density at radius 3 is 2.65 bits per heavy atom. The van der Waals surface area contributed by atoms with E-state index in [4.69, 9.17) is 0 Å². The lowest BCUT2D eigenvalue weighted by atomic mass is 10.1. The predicted molar refractivity (Wildman–Crippen MR) is 67.3 cm³/mol. The number of carbonyl (C=O) groups excluding carboxylic acids is 2. The molecule has 0 atom stereocenters. The van der Waals surface area contributed by atoms with Crippen LogP contribution in [0.15, 0.2) is 24.3 Å². The summed E-state index contributed by atoms with van der Waals surface area (Å²) in [5, 5.41) is 1.04. The van der Waals surface area contributed by atoms with Crippen LogP contribution in [-0.2, 0) is 4.79 Å². The van der Waals surface area contributed by atoms with Crippen molar-refractivity contribution in [3.05, 3.63) is 35.5 Å². The number of H-pyrrole nitrogens is 1. The van der Waals surface area contributed by atoms with Gasteiger partial charge in [-0.2, -0.15) is 0 Å². The second kappa shape index (κ2) is 4.53. The molecule has 0 radical (unpaired) electrons. The quantitative estimate of drug-likeness (QED) is 0.819. The second-order valence-electron chi connectivity index (χ2n) is 4.35. The zero-order valence-electron chi connectivity index (χ0n) is 10.0. The summed E-state index contributed by atoms with van der Waals surface area (Å²) in [6, 6.07) is 7.80. The molecular weight excluding hydrogens is 214 g/mol. The number of ketones is 2. The summed E-state index contributed by atoms with van der Waals surface area (Å²) in [6.07, 6.45) is 0.592. The van der Waals surface area contributed by atoms with Gasteiger partial charge in [-0.05, 0) is 25.5 Å². The SMILES string of the molecule is CC(=O)CCC(=O)c1cc2cccc(C)c2[nH]1. The molecule has 17 heavy (non-hydrogen) atoms. The van der Waals surface area contributed by atoms with E-state index in [-0.39, 0.29) is 18.0 Å². The van der Waals surface area contributed by atoms with Crippen molar-refractivity contribution in [1.29, 1.82) is 0 Å². The first kappa shape index (κ1) is 11.6. The lowest BCUT2D eigenvalue weighted by Crippen LogP contribution is -2.02. The zero-order chi connectivity index (χ0) is 12.4. The van der Waals surface area contributed by atoms with Crippen molar-refractivity contribution in [2.75, 3.05) is 0 Å². The molecule has 3 nitrogen and oxygen atoms in total. The van der Waals surface area contributed by atoms with E-state index in [9.17, 15) is 9.59 Å². The zero-order valence-corrected chi connectivity index (χ0v) is 10.0. The summed E-state index contributed by atoms with van der Waals surface area (Å²) in [5.41, 5.74) is 2.71. The summed E-state index contributed by atoms with van der Waals surface area (Å²) < 4.78 is 0. The fraction of sp³-hybridized carbons (Fsp3) is 0.286. The molecule has 0 saturated heterocycles. The first-order valence-electron chi connectivity index (χ1n) is 5.69. The second-order valence-corrected chi connectivity index (χ2v) is 4.35. The molecule has 2 rings (SSSR count). The number of Topliss-reactive ketones (excluding diaryl/α,β-unsaturated/α-hetero) is 2. The predicted octanol–water partition coefficient (Wildman–Crippen LogP) is 3.03. The van der Waals surface area contributed by atoms with Crippen molar-refractivity contribution >= 4 is 22.5 Å². The van der Waals surface area contributed by atoms with E-state index in [1.807, 2.05) is 31.2 Å². The van der Waals surface area contributed by atoms with E-state index >= 15 is 0 Å². The lowest BCUT2D eigenvalue weighted by Gasteiger charge is -1.95. The van der Waals surface area contributed by atoms with Crippen LogP contribution in [-0.4, -0.2) is 16.6 Å². The van der Waals surface area contributed by atoms with Gasteiger partial charge in [-0.15, -0.1) is 0 Å². The molecular formula is C14H15NO2. The molecule has 0 amide bonds. The van der Waals surface area contributed by atoms with Gasteiger partial charge in [0, 0.05) is 23.7 Å². The van der Waals surface area contributed by atoms with Crippen LogP contribution in [0.1, 0.15) is 35.8 Å². The highest BCUT2D eigenvalue weighted by molar-refractivity contribution is 6.01. The van der Waals surface area contributed by atoms with E-state index in [1.165, 1.54) is 6.92 Å². The highest BCUT2D eigenvalue weighted by atomic mass is 16.1. The molecule has 0 bridgehead atoms. The van der Waals surface area contributed by atoms with E-state index in [1.54, 1.807) is 0 Å². The minimum atomic E-state index is -0.00389. The normalized spacial score (nSPS) is 10.7. The van der Waals surface area contributed by atoms with Gasteiger partial charge in [0.15, 0.2) is 5.78 Å². The minimum absolute atomic E-state index is 0.00389. The molecule has 2 aromatic rings. The van der Waals surface area contributed by atoms with Gasteiger partial charge in [-0.25, -0.2) is 0 Å². The topological polar surface area (TPSA) is 49.9 Å². The van der Waals surface area contributed by atoms with Crippen molar-refractivity contribution < 1.29 is 9.59 Å². The van der Waals surface area contributed by atoms with Crippen LogP contribution < -0.4 is 0 Å². The van der Waals surface area contributed by atoms with Crippen LogP contribution in [0.5, 0.6) is 0 Å². The fourth-order valence-corrected chi connectivity index (χ4v) is 1.88. The number of fused-ring (bicyclic) bond motifs is 1. The van der Waals surface area contributed by atoms with Crippen LogP contribution in [0.2, 0.25) is 0 Å². The monoisotopic (exact) mass is 229 g/mol. The summed E-state index contributed by atoms with van der Waals surface area (Å²) in [5.74, 6) is 0.0430. The van der Waals surface area contributed by atoms with Gasteiger partial charge in [0.1, 0.15) is 5.78 Å². The summed E-state index contributed by atoms with van der Waals surface area (Å²) in [7, 11) is 0. The molecule has 0 unspecified atom stereocenters. The van der Waals surface area contributed by atoms with Gasteiger partial charge in [0.25, 0.3) is 0 Å². The van der Waals surface area contributed by atoms with E-state index in [0.29, 0.717) is 12.1 Å². The van der Waals surface area contributed by atoms with Crippen LogP contribution >= 0.6 is 0 Å². The van der Waals surface area contributed by atoms with E-state index < -0.39 is 0 Å². The van der Waals surface area contributed by atoms with Crippen LogP contribution in [0.3, 0.4) is 0 Å². The fourth-order valence-electron chi connectivity index (χ4n) is 1.88. The summed E-state index contributed by atoms with van der Waals surface area (Å²) >= 11 is 0. The van der Waals surface area contributed by atoms with E-state index in [2.05, 4.69) is 4.98 Å². The minimum Gasteiger partial charge on any atom is -0.352 e. The van der Waals surface area contributed by atoms with Gasteiger partial charge < -0.3 is 9.78 Å². The van der Waals surface area contributed by atoms with Gasteiger partial charge in [0.05, 0.1) is 5.69 Å². The first-order valence-corrected chi connectivity index (χ1v) is 5.69. The third-order valence-electron chi connectivity index (χ3n) is 2.87. The summed E-state index contributed by atoms with van der Waals surface area (Å²) in [6.45, 7) is 3.51. The molecule has 0 fully saturated rings. The Morgan fingerprint density at radius 2 is 2.00 bits per heavy atom. The van der Waals surface area contributed by atoms with Crippen LogP contribution in [0.4, 0.5) is 0 Å². The average molecular weight is 229 g/mol. The number of benzene rings is 1. The highest BCUT2D eigenvalue weighted by Gasteiger charge is 2.11. The maximum atomic E-state index is 11.8. The Balaban J connectivity index is 2.27. The first-order chi connectivity index (χ1) is 8.08. The van der Waals surface area contributed by atoms with Gasteiger partial charge >= 0.3 is 0 Å². The number of hydrogen-bond acceptors (Lipinski definition) is 2. The van der Waals surface area contributed by atoms with Crippen molar-refractivity contribution in [2.45, 2.75) is 26.7 Å². The molecule has 0 aliphatic carbocycles. The highest BCUT2D eigenvalue weighted by Crippen LogP contribution is 2.19. The van der Waals surface area contributed by atoms with Crippen LogP contribution in [0.25, 0.3) is 10.9 Å². The number of aromatic nitrogens is 1. The third-order valence-corrected chi connectivity index (χ3v) is 2.87. The molecule has 1 N–H and O–H groups in total. The Morgan fingerprint density at radius 1 is 1.24 bits per heavy atom. The molecule has 1 aromatic carbocycles. The van der Waals surface area contributed by atoms with Crippen molar-refractivity contribution in [3.8, 4) is 0 Å². The molecule has 0 aliphatic rings. The Kier molecular flexibility index (Phi) is 3.09. The summed E-state index contributed by atoms with van der Waals surface area (Å²) in [4.78, 5) is 25.8. The number of rotatable bonds is 4. The smallest absolute Gasteiger partial charge is 0.179 e. The molecule has 0 aliphatic heterocycles. The lowest BCUT2D eigenvalue weighted by molar-refractivity contribution is -0.116. The van der Waals surface area contributed by atoms with Crippen molar-refractivity contribution in [1.82, 2.24) is 4.98 Å². The Bertz CT molecular complexity index is 581. The number of nitrogens with one attached hydrogen (secondary N) is 1. The molecule has 1 heterocycles. The standard InChI is InChI=1S/C14H15NO2/c1-9-4-3-5-11-8-12(15-14(9)11)13(17)7-6-10(2)16/h3-5,8,15H,6-7H2,1-2H3. The molecule has 0 spiro atoms. The third kappa shape index (κ3) is 2.44. The van der Waals surface area contributed by atoms with E-state index in [0.717, 1.165) is 16.5 Å². The number of carbonyl (C=O) groups is 2. The maximum absolute atomic E-state index is 11.8. The average Bonchev–Trinajstić information content (AvgIpc) is 2.71. The Hall–Kier alpha value is -1.90. The van der Waals surface area contributed by atoms with Crippen LogP contribution in [0, 0.1) is 6.92 Å². The van der Waals surface area contributed by atoms with Crippen molar-refractivity contribution in [2.24, 2.45) is 0 Å². The number of para-hydroxylation sites is 1. The number of hydrogen-bond donors (Lipinski definition) is 1. The van der Waals surface area contributed by atoms with Gasteiger partial charge in [-0.3, -0.25) is 4.79 Å². The van der Waals surface area contributed by atoms with Crippen molar-refractivity contribution in [3.63, 3.8) is 0 Å². The van der Waals surface area contributed by atoms with Gasteiger partial charge in [-0.1, -0.05) is 18.2 Å². The maximum Gasteiger partial charge on any atom is 0.179 e. The Labute approximate surface area is 99.8 Å². The number of aryl methyl sites for hydroxylation is 1.